The van der Waals surface area contributed by atoms with Crippen molar-refractivity contribution in [2.45, 2.75) is 18.8 Å². The molecular formula is C15H11F3N2O2S. The molecule has 3 aromatic rings. The minimum absolute atomic E-state index is 0.0946. The van der Waals surface area contributed by atoms with Crippen LogP contribution in [0.2, 0.25) is 0 Å². The van der Waals surface area contributed by atoms with Crippen LogP contribution in [-0.4, -0.2) is 14.7 Å². The fourth-order valence-electron chi connectivity index (χ4n) is 2.24. The molecule has 8 heteroatoms. The topological polar surface area (TPSA) is 55.1 Å². The first-order chi connectivity index (χ1) is 10.9. The number of aromatic nitrogens is 2. The molecule has 0 aliphatic rings. The van der Waals surface area contributed by atoms with E-state index >= 15 is 0 Å². The smallest absolute Gasteiger partial charge is 0.387 e. The van der Waals surface area contributed by atoms with Crippen LogP contribution in [0.5, 0.6) is 0 Å². The number of hydrogen-bond donors (Lipinski definition) is 1. The number of benzene rings is 1. The Hall–Kier alpha value is -2.19. The predicted octanol–water partition coefficient (Wildman–Crippen LogP) is 3.21. The van der Waals surface area contributed by atoms with Crippen molar-refractivity contribution in [2.75, 3.05) is 0 Å². The van der Waals surface area contributed by atoms with Gasteiger partial charge in [0.2, 0.25) is 0 Å². The largest absolute Gasteiger partial charge is 0.416 e. The lowest BCUT2D eigenvalue weighted by molar-refractivity contribution is -0.137. The summed E-state index contributed by atoms with van der Waals surface area (Å²) in [5.41, 5.74) is -1.08. The average molecular weight is 340 g/mol. The third-order valence-electron chi connectivity index (χ3n) is 3.42. The summed E-state index contributed by atoms with van der Waals surface area (Å²) in [6, 6.07) is 6.06. The fourth-order valence-corrected chi connectivity index (χ4v) is 2.96. The minimum Gasteiger partial charge on any atom is -0.387 e. The Morgan fingerprint density at radius 3 is 2.83 bits per heavy atom. The Morgan fingerprint density at radius 2 is 2.09 bits per heavy atom. The lowest BCUT2D eigenvalue weighted by atomic mass is 10.1. The third kappa shape index (κ3) is 3.13. The van der Waals surface area contributed by atoms with Gasteiger partial charge in [0.1, 0.15) is 4.83 Å². The van der Waals surface area contributed by atoms with Gasteiger partial charge >= 0.3 is 6.18 Å². The highest BCUT2D eigenvalue weighted by atomic mass is 32.1. The monoisotopic (exact) mass is 340 g/mol. The lowest BCUT2D eigenvalue weighted by Gasteiger charge is -2.15. The molecule has 0 unspecified atom stereocenters. The quantitative estimate of drug-likeness (QED) is 0.797. The molecule has 0 bridgehead atoms. The number of nitrogens with zero attached hydrogens (tertiary/aromatic N) is 2. The molecule has 0 fully saturated rings. The van der Waals surface area contributed by atoms with E-state index in [2.05, 4.69) is 4.98 Å². The molecule has 4 nitrogen and oxygen atoms in total. The summed E-state index contributed by atoms with van der Waals surface area (Å²) in [4.78, 5) is 16.9. The van der Waals surface area contributed by atoms with Crippen molar-refractivity contribution in [1.82, 2.24) is 9.55 Å². The zero-order valence-corrected chi connectivity index (χ0v) is 12.4. The number of aliphatic hydroxyl groups is 1. The number of hydrogen-bond acceptors (Lipinski definition) is 4. The van der Waals surface area contributed by atoms with Gasteiger partial charge in [-0.1, -0.05) is 12.1 Å². The summed E-state index contributed by atoms with van der Waals surface area (Å²) in [6.07, 6.45) is -4.44. The number of halogens is 3. The van der Waals surface area contributed by atoms with Crippen LogP contribution in [0.3, 0.4) is 0 Å². The van der Waals surface area contributed by atoms with Crippen LogP contribution in [0.1, 0.15) is 17.2 Å². The Kier molecular flexibility index (Phi) is 3.95. The maximum Gasteiger partial charge on any atom is 0.416 e. The second kappa shape index (κ2) is 5.78. The summed E-state index contributed by atoms with van der Waals surface area (Å²) >= 11 is 1.32. The van der Waals surface area contributed by atoms with Gasteiger partial charge in [-0.3, -0.25) is 9.36 Å². The first-order valence-electron chi connectivity index (χ1n) is 6.64. The normalized spacial score (nSPS) is 13.4. The molecule has 1 atom stereocenters. The van der Waals surface area contributed by atoms with Crippen molar-refractivity contribution in [3.8, 4) is 0 Å². The van der Waals surface area contributed by atoms with Gasteiger partial charge in [0, 0.05) is 0 Å². The van der Waals surface area contributed by atoms with Gasteiger partial charge in [0.15, 0.2) is 0 Å². The maximum absolute atomic E-state index is 12.7. The highest BCUT2D eigenvalue weighted by molar-refractivity contribution is 7.16. The van der Waals surface area contributed by atoms with Crippen molar-refractivity contribution in [3.05, 3.63) is 63.5 Å². The summed E-state index contributed by atoms with van der Waals surface area (Å²) in [5.74, 6) is 0. The van der Waals surface area contributed by atoms with E-state index in [4.69, 9.17) is 0 Å². The Labute approximate surface area is 132 Å². The summed E-state index contributed by atoms with van der Waals surface area (Å²) in [6.45, 7) is -0.168. The zero-order chi connectivity index (χ0) is 16.6. The summed E-state index contributed by atoms with van der Waals surface area (Å²) in [7, 11) is 0. The molecular weight excluding hydrogens is 329 g/mol. The van der Waals surface area contributed by atoms with Gasteiger partial charge in [-0.25, -0.2) is 4.98 Å². The van der Waals surface area contributed by atoms with E-state index in [0.29, 0.717) is 10.2 Å². The second-order valence-corrected chi connectivity index (χ2v) is 5.88. The molecule has 0 aliphatic carbocycles. The molecule has 0 aliphatic heterocycles. The first-order valence-corrected chi connectivity index (χ1v) is 7.52. The first kappa shape index (κ1) is 15.7. The van der Waals surface area contributed by atoms with E-state index in [1.165, 1.54) is 34.4 Å². The number of rotatable bonds is 3. The standard InChI is InChI=1S/C15H11F3N2O2S/c16-15(17,18)10-3-1-2-9(6-10)12(21)7-20-8-19-13-11(14(20)22)4-5-23-13/h1-6,8,12,21H,7H2/t12-/m0/s1. The Morgan fingerprint density at radius 1 is 1.30 bits per heavy atom. The molecule has 0 spiro atoms. The van der Waals surface area contributed by atoms with Crippen LogP contribution in [0.15, 0.2) is 46.8 Å². The maximum atomic E-state index is 12.7. The van der Waals surface area contributed by atoms with Gasteiger partial charge in [-0.2, -0.15) is 13.2 Å². The minimum atomic E-state index is -4.48. The molecule has 3 rings (SSSR count). The van der Waals surface area contributed by atoms with E-state index < -0.39 is 17.8 Å². The van der Waals surface area contributed by atoms with Gasteiger partial charge in [-0.05, 0) is 29.1 Å². The zero-order valence-electron chi connectivity index (χ0n) is 11.6. The molecule has 120 valence electrons. The van der Waals surface area contributed by atoms with E-state index in [-0.39, 0.29) is 17.7 Å². The highest BCUT2D eigenvalue weighted by Gasteiger charge is 2.30. The molecule has 23 heavy (non-hydrogen) atoms. The molecule has 0 saturated carbocycles. The second-order valence-electron chi connectivity index (χ2n) is 4.98. The Bertz CT molecular complexity index is 901. The van der Waals surface area contributed by atoms with Crippen LogP contribution >= 0.6 is 11.3 Å². The molecule has 0 radical (unpaired) electrons. The lowest BCUT2D eigenvalue weighted by Crippen LogP contribution is -2.23. The predicted molar refractivity (Wildman–Crippen MR) is 80.3 cm³/mol. The van der Waals surface area contributed by atoms with E-state index in [1.807, 2.05) is 0 Å². The number of alkyl halides is 3. The van der Waals surface area contributed by atoms with Crippen molar-refractivity contribution >= 4 is 21.6 Å². The van der Waals surface area contributed by atoms with Crippen molar-refractivity contribution < 1.29 is 18.3 Å². The van der Waals surface area contributed by atoms with Gasteiger partial charge in [0.05, 0.1) is 29.9 Å². The highest BCUT2D eigenvalue weighted by Crippen LogP contribution is 2.31. The van der Waals surface area contributed by atoms with Gasteiger partial charge in [0.25, 0.3) is 5.56 Å². The van der Waals surface area contributed by atoms with Crippen LogP contribution in [-0.2, 0) is 12.7 Å². The fraction of sp³-hybridized carbons (Fsp3) is 0.200. The van der Waals surface area contributed by atoms with Crippen molar-refractivity contribution in [1.29, 1.82) is 0 Å². The van der Waals surface area contributed by atoms with Crippen LogP contribution in [0, 0.1) is 0 Å². The van der Waals surface area contributed by atoms with Gasteiger partial charge in [-0.15, -0.1) is 11.3 Å². The van der Waals surface area contributed by atoms with Crippen molar-refractivity contribution in [3.63, 3.8) is 0 Å². The molecule has 1 aromatic carbocycles. The number of fused-ring (bicyclic) bond motifs is 1. The van der Waals surface area contributed by atoms with E-state index in [1.54, 1.807) is 11.4 Å². The van der Waals surface area contributed by atoms with Crippen LogP contribution < -0.4 is 5.56 Å². The van der Waals surface area contributed by atoms with Crippen LogP contribution in [0.25, 0.3) is 10.2 Å². The molecule has 2 aromatic heterocycles. The summed E-state index contributed by atoms with van der Waals surface area (Å²) in [5, 5.41) is 12.3. The molecule has 1 N–H and O–H groups in total. The van der Waals surface area contributed by atoms with Gasteiger partial charge < -0.3 is 5.11 Å². The number of aliphatic hydroxyl groups excluding tert-OH is 1. The number of thiophene rings is 1. The molecule has 0 amide bonds. The van der Waals surface area contributed by atoms with E-state index in [0.717, 1.165) is 12.1 Å². The van der Waals surface area contributed by atoms with E-state index in [9.17, 15) is 23.1 Å². The van der Waals surface area contributed by atoms with Crippen LogP contribution in [0.4, 0.5) is 13.2 Å². The van der Waals surface area contributed by atoms with Crippen molar-refractivity contribution in [2.24, 2.45) is 0 Å². The summed E-state index contributed by atoms with van der Waals surface area (Å²) < 4.78 is 39.3. The average Bonchev–Trinajstić information content (AvgIpc) is 2.99. The third-order valence-corrected chi connectivity index (χ3v) is 4.24. The molecule has 2 heterocycles. The SMILES string of the molecule is O=c1c2ccsc2ncn1C[C@H](O)c1cccc(C(F)(F)F)c1. The molecule has 0 saturated heterocycles. The Balaban J connectivity index is 1.90.